The summed E-state index contributed by atoms with van der Waals surface area (Å²) in [5.74, 6) is -0.382. The van der Waals surface area contributed by atoms with Crippen LogP contribution >= 0.6 is 11.6 Å². The Balaban J connectivity index is 1.69. The number of hydrogen-bond acceptors (Lipinski definition) is 1. The van der Waals surface area contributed by atoms with Crippen LogP contribution in [0.15, 0.2) is 84.9 Å². The van der Waals surface area contributed by atoms with Gasteiger partial charge in [0.1, 0.15) is 0 Å². The number of hydrogen-bond donors (Lipinski definition) is 1. The first kappa shape index (κ1) is 22.7. The largest absolute Gasteiger partial charge is 0.416 e. The number of alkyl halides is 3. The number of benzene rings is 3. The van der Waals surface area contributed by atoms with Crippen molar-refractivity contribution in [3.63, 3.8) is 0 Å². The molecule has 0 saturated heterocycles. The van der Waals surface area contributed by atoms with Crippen molar-refractivity contribution in [2.45, 2.75) is 19.6 Å². The zero-order valence-corrected chi connectivity index (χ0v) is 18.4. The van der Waals surface area contributed by atoms with Gasteiger partial charge < -0.3 is 9.88 Å². The van der Waals surface area contributed by atoms with Gasteiger partial charge in [-0.15, -0.1) is 0 Å². The lowest BCUT2D eigenvalue weighted by Crippen LogP contribution is -2.23. The molecule has 0 aliphatic rings. The summed E-state index contributed by atoms with van der Waals surface area (Å²) in [6, 6.07) is 23.6. The topological polar surface area (TPSA) is 34.0 Å². The van der Waals surface area contributed by atoms with E-state index in [4.69, 9.17) is 11.6 Å². The summed E-state index contributed by atoms with van der Waals surface area (Å²) in [6.45, 7) is 1.79. The Kier molecular flexibility index (Phi) is 6.29. The third-order valence-corrected chi connectivity index (χ3v) is 5.68. The number of para-hydroxylation sites is 1. The van der Waals surface area contributed by atoms with Gasteiger partial charge in [0.05, 0.1) is 27.5 Å². The molecule has 3 nitrogen and oxygen atoms in total. The van der Waals surface area contributed by atoms with Crippen LogP contribution in [0, 0.1) is 6.92 Å². The number of nitrogens with zero attached hydrogens (tertiary/aromatic N) is 1. The molecule has 1 N–H and O–H groups in total. The highest BCUT2D eigenvalue weighted by atomic mass is 35.5. The highest BCUT2D eigenvalue weighted by molar-refractivity contribution is 6.32. The highest BCUT2D eigenvalue weighted by Gasteiger charge is 2.30. The van der Waals surface area contributed by atoms with Gasteiger partial charge in [-0.25, -0.2) is 0 Å². The van der Waals surface area contributed by atoms with Gasteiger partial charge in [0.15, 0.2) is 0 Å². The fourth-order valence-electron chi connectivity index (χ4n) is 3.74. The number of halogens is 4. The molecule has 0 radical (unpaired) electrons. The number of carbonyl (C=O) groups is 1. The van der Waals surface area contributed by atoms with Crippen LogP contribution in [0.1, 0.15) is 27.2 Å². The summed E-state index contributed by atoms with van der Waals surface area (Å²) in [4.78, 5) is 13.1. The third kappa shape index (κ3) is 4.81. The van der Waals surface area contributed by atoms with Gasteiger partial charge in [-0.1, -0.05) is 66.2 Å². The van der Waals surface area contributed by atoms with E-state index in [9.17, 15) is 18.0 Å². The molecule has 0 unspecified atom stereocenters. The molecule has 4 aromatic rings. The minimum absolute atomic E-state index is 0.0276. The number of carbonyl (C=O) groups excluding carboxylic acids is 1. The van der Waals surface area contributed by atoms with Crippen molar-refractivity contribution in [1.29, 1.82) is 0 Å². The molecule has 168 valence electrons. The Bertz CT molecular complexity index is 1300. The Morgan fingerprint density at radius 1 is 0.939 bits per heavy atom. The van der Waals surface area contributed by atoms with E-state index in [0.717, 1.165) is 29.1 Å². The fourth-order valence-corrected chi connectivity index (χ4v) is 3.96. The molecular formula is C26H20ClF3N2O. The predicted octanol–water partition coefficient (Wildman–Crippen LogP) is 7.05. The summed E-state index contributed by atoms with van der Waals surface area (Å²) < 4.78 is 40.9. The zero-order valence-electron chi connectivity index (χ0n) is 17.7. The monoisotopic (exact) mass is 468 g/mol. The number of amides is 1. The average molecular weight is 469 g/mol. The third-order valence-electron chi connectivity index (χ3n) is 5.36. The zero-order chi connectivity index (χ0) is 23.6. The average Bonchev–Trinajstić information content (AvgIpc) is 3.15. The van der Waals surface area contributed by atoms with Crippen molar-refractivity contribution in [1.82, 2.24) is 9.88 Å². The Morgan fingerprint density at radius 3 is 2.33 bits per heavy atom. The predicted molar refractivity (Wildman–Crippen MR) is 124 cm³/mol. The van der Waals surface area contributed by atoms with E-state index in [1.165, 1.54) is 6.07 Å². The van der Waals surface area contributed by atoms with Crippen LogP contribution in [0.4, 0.5) is 13.2 Å². The van der Waals surface area contributed by atoms with Gasteiger partial charge >= 0.3 is 6.18 Å². The van der Waals surface area contributed by atoms with E-state index in [1.54, 1.807) is 18.2 Å². The molecule has 0 fully saturated rings. The number of rotatable bonds is 5. The summed E-state index contributed by atoms with van der Waals surface area (Å²) in [6.07, 6.45) is -4.44. The van der Waals surface area contributed by atoms with E-state index < -0.39 is 11.7 Å². The second kappa shape index (κ2) is 9.16. The van der Waals surface area contributed by atoms with E-state index >= 15 is 0 Å². The Labute approximate surface area is 194 Å². The van der Waals surface area contributed by atoms with Crippen LogP contribution in [0.3, 0.4) is 0 Å². The van der Waals surface area contributed by atoms with E-state index in [2.05, 4.69) is 5.32 Å². The van der Waals surface area contributed by atoms with Gasteiger partial charge in [0.2, 0.25) is 0 Å². The second-order valence-corrected chi connectivity index (χ2v) is 7.97. The first-order valence-electron chi connectivity index (χ1n) is 10.2. The molecule has 7 heteroatoms. The lowest BCUT2D eigenvalue weighted by molar-refractivity contribution is -0.137. The molecule has 1 amide bonds. The maximum absolute atomic E-state index is 13.1. The first-order chi connectivity index (χ1) is 15.8. The lowest BCUT2D eigenvalue weighted by atomic mass is 10.1. The van der Waals surface area contributed by atoms with Crippen molar-refractivity contribution in [3.05, 3.63) is 112 Å². The molecule has 4 rings (SSSR count). The van der Waals surface area contributed by atoms with Gasteiger partial charge in [0.25, 0.3) is 5.91 Å². The van der Waals surface area contributed by atoms with Crippen LogP contribution in [-0.4, -0.2) is 10.5 Å². The molecule has 0 aliphatic heterocycles. The molecule has 1 aromatic heterocycles. The fraction of sp³-hybridized carbons (Fsp3) is 0.115. The minimum Gasteiger partial charge on any atom is -0.348 e. The van der Waals surface area contributed by atoms with Crippen LogP contribution < -0.4 is 5.32 Å². The molecule has 0 spiro atoms. The number of aromatic nitrogens is 1. The normalized spacial score (nSPS) is 11.4. The standard InChI is InChI=1S/C26H20ClF3N2O/c1-17-21(25(33)31-16-18-8-7-11-20(14-18)26(28,29)30)15-24(19-9-3-2-4-10-19)32(17)23-13-6-5-12-22(23)27/h2-15H,16H2,1H3,(H,31,33). The summed E-state index contributed by atoms with van der Waals surface area (Å²) in [7, 11) is 0. The molecule has 33 heavy (non-hydrogen) atoms. The van der Waals surface area contributed by atoms with Crippen molar-refractivity contribution < 1.29 is 18.0 Å². The quantitative estimate of drug-likeness (QED) is 0.334. The minimum atomic E-state index is -4.44. The maximum Gasteiger partial charge on any atom is 0.416 e. The molecule has 0 bridgehead atoms. The summed E-state index contributed by atoms with van der Waals surface area (Å²) >= 11 is 6.46. The van der Waals surface area contributed by atoms with Crippen LogP contribution in [-0.2, 0) is 12.7 Å². The van der Waals surface area contributed by atoms with Gasteiger partial charge in [0, 0.05) is 12.2 Å². The van der Waals surface area contributed by atoms with Crippen LogP contribution in [0.25, 0.3) is 16.9 Å². The van der Waals surface area contributed by atoms with E-state index in [-0.39, 0.29) is 12.5 Å². The van der Waals surface area contributed by atoms with Crippen LogP contribution in [0.5, 0.6) is 0 Å². The van der Waals surface area contributed by atoms with Crippen molar-refractivity contribution in [2.75, 3.05) is 0 Å². The molecule has 1 heterocycles. The van der Waals surface area contributed by atoms with Crippen LogP contribution in [0.2, 0.25) is 5.02 Å². The number of nitrogens with one attached hydrogen (secondary N) is 1. The van der Waals surface area contributed by atoms with Gasteiger partial charge in [-0.3, -0.25) is 4.79 Å². The molecule has 0 atom stereocenters. The summed E-state index contributed by atoms with van der Waals surface area (Å²) in [5.41, 5.74) is 3.12. The lowest BCUT2D eigenvalue weighted by Gasteiger charge is -2.14. The Morgan fingerprint density at radius 2 is 1.64 bits per heavy atom. The van der Waals surface area contributed by atoms with Gasteiger partial charge in [-0.2, -0.15) is 13.2 Å². The Hall–Kier alpha value is -3.51. The first-order valence-corrected chi connectivity index (χ1v) is 10.6. The van der Waals surface area contributed by atoms with Crippen molar-refractivity contribution >= 4 is 17.5 Å². The molecule has 0 aliphatic carbocycles. The van der Waals surface area contributed by atoms with Crippen molar-refractivity contribution in [3.8, 4) is 16.9 Å². The smallest absolute Gasteiger partial charge is 0.348 e. The second-order valence-electron chi connectivity index (χ2n) is 7.56. The maximum atomic E-state index is 13.1. The van der Waals surface area contributed by atoms with E-state index in [1.807, 2.05) is 60.0 Å². The molecule has 0 saturated carbocycles. The summed E-state index contributed by atoms with van der Waals surface area (Å²) in [5, 5.41) is 3.27. The molecule has 3 aromatic carbocycles. The SMILES string of the molecule is Cc1c(C(=O)NCc2cccc(C(F)(F)F)c2)cc(-c2ccccc2)n1-c1ccccc1Cl. The van der Waals surface area contributed by atoms with E-state index in [0.29, 0.717) is 21.8 Å². The molecular weight excluding hydrogens is 449 g/mol. The van der Waals surface area contributed by atoms with Crippen molar-refractivity contribution in [2.24, 2.45) is 0 Å². The van der Waals surface area contributed by atoms with Gasteiger partial charge in [-0.05, 0) is 48.4 Å². The highest BCUT2D eigenvalue weighted by Crippen LogP contribution is 2.33.